The van der Waals surface area contributed by atoms with Crippen molar-refractivity contribution in [2.45, 2.75) is 0 Å². The van der Waals surface area contributed by atoms with Crippen LogP contribution in [-0.2, 0) is 0 Å². The number of hydrogen-bond donors (Lipinski definition) is 2. The molecule has 0 aliphatic heterocycles. The van der Waals surface area contributed by atoms with Crippen LogP contribution in [0.15, 0.2) is 30.3 Å². The van der Waals surface area contributed by atoms with Crippen molar-refractivity contribution in [2.75, 3.05) is 6.54 Å². The van der Waals surface area contributed by atoms with Crippen molar-refractivity contribution in [1.29, 1.82) is 0 Å². The summed E-state index contributed by atoms with van der Waals surface area (Å²) in [5, 5.41) is 9.22. The van der Waals surface area contributed by atoms with Gasteiger partial charge in [0.25, 0.3) is 0 Å². The van der Waals surface area contributed by atoms with Crippen molar-refractivity contribution in [3.05, 3.63) is 35.9 Å². The molecule has 0 bridgehead atoms. The minimum atomic E-state index is -0.910. The number of primary amides is 1. The van der Waals surface area contributed by atoms with Gasteiger partial charge in [-0.25, -0.2) is 4.79 Å². The first-order valence-electron chi connectivity index (χ1n) is 4.00. The molecule has 14 heavy (non-hydrogen) atoms. The van der Waals surface area contributed by atoms with Crippen LogP contribution in [0.5, 0.6) is 0 Å². The second kappa shape index (κ2) is 4.90. The van der Waals surface area contributed by atoms with Gasteiger partial charge in [-0.1, -0.05) is 30.0 Å². The van der Waals surface area contributed by atoms with Crippen LogP contribution in [0, 0.1) is 11.8 Å². The average molecular weight is 190 g/mol. The first-order valence-corrected chi connectivity index (χ1v) is 4.00. The van der Waals surface area contributed by atoms with Crippen LogP contribution in [0.2, 0.25) is 0 Å². The van der Waals surface area contributed by atoms with Crippen molar-refractivity contribution < 1.29 is 10.0 Å². The summed E-state index contributed by atoms with van der Waals surface area (Å²) in [6, 6.07) is 8.35. The topological polar surface area (TPSA) is 66.6 Å². The van der Waals surface area contributed by atoms with Gasteiger partial charge in [-0.3, -0.25) is 5.21 Å². The quantitative estimate of drug-likeness (QED) is 0.391. The SMILES string of the molecule is NC(=O)N(O)CC#Cc1ccccc1. The van der Waals surface area contributed by atoms with Crippen LogP contribution in [0.25, 0.3) is 0 Å². The summed E-state index contributed by atoms with van der Waals surface area (Å²) in [5.74, 6) is 5.38. The minimum absolute atomic E-state index is 0.0930. The third-order valence-electron chi connectivity index (χ3n) is 1.49. The van der Waals surface area contributed by atoms with Crippen molar-refractivity contribution in [1.82, 2.24) is 5.06 Å². The number of benzene rings is 1. The van der Waals surface area contributed by atoms with Gasteiger partial charge in [0.05, 0.1) is 0 Å². The fraction of sp³-hybridized carbons (Fsp3) is 0.100. The van der Waals surface area contributed by atoms with Gasteiger partial charge in [0, 0.05) is 5.56 Å². The Morgan fingerprint density at radius 2 is 2.07 bits per heavy atom. The molecule has 0 saturated heterocycles. The molecule has 1 aromatic rings. The second-order valence-electron chi connectivity index (χ2n) is 2.56. The molecule has 4 heteroatoms. The van der Waals surface area contributed by atoms with Gasteiger partial charge in [-0.05, 0) is 12.1 Å². The van der Waals surface area contributed by atoms with Gasteiger partial charge in [-0.2, -0.15) is 5.06 Å². The molecule has 4 nitrogen and oxygen atoms in total. The van der Waals surface area contributed by atoms with Crippen LogP contribution in [-0.4, -0.2) is 22.8 Å². The third-order valence-corrected chi connectivity index (χ3v) is 1.49. The smallest absolute Gasteiger partial charge is 0.339 e. The molecule has 0 aliphatic carbocycles. The largest absolute Gasteiger partial charge is 0.350 e. The van der Waals surface area contributed by atoms with Gasteiger partial charge in [-0.15, -0.1) is 0 Å². The zero-order valence-electron chi connectivity index (χ0n) is 7.47. The van der Waals surface area contributed by atoms with E-state index in [4.69, 9.17) is 10.9 Å². The highest BCUT2D eigenvalue weighted by Gasteiger charge is 2.00. The Morgan fingerprint density at radius 3 is 2.64 bits per heavy atom. The van der Waals surface area contributed by atoms with E-state index in [1.807, 2.05) is 30.3 Å². The van der Waals surface area contributed by atoms with Crippen LogP contribution >= 0.6 is 0 Å². The van der Waals surface area contributed by atoms with E-state index in [9.17, 15) is 4.79 Å². The zero-order chi connectivity index (χ0) is 10.4. The van der Waals surface area contributed by atoms with Crippen molar-refractivity contribution in [2.24, 2.45) is 5.73 Å². The second-order valence-corrected chi connectivity index (χ2v) is 2.56. The van der Waals surface area contributed by atoms with Crippen molar-refractivity contribution in [3.8, 4) is 11.8 Å². The van der Waals surface area contributed by atoms with E-state index in [0.29, 0.717) is 5.06 Å². The molecule has 0 radical (unpaired) electrons. The van der Waals surface area contributed by atoms with E-state index in [-0.39, 0.29) is 6.54 Å². The van der Waals surface area contributed by atoms with E-state index in [1.165, 1.54) is 0 Å². The maximum absolute atomic E-state index is 10.4. The summed E-state index contributed by atoms with van der Waals surface area (Å²) in [5.41, 5.74) is 5.61. The van der Waals surface area contributed by atoms with E-state index in [0.717, 1.165) is 5.56 Å². The maximum atomic E-state index is 10.4. The highest BCUT2D eigenvalue weighted by Crippen LogP contribution is 1.94. The standard InChI is InChI=1S/C10H10N2O2/c11-10(13)12(14)8-4-7-9-5-2-1-3-6-9/h1-3,5-6,14H,8H2,(H2,11,13). The number of hydrogen-bond acceptors (Lipinski definition) is 2. The van der Waals surface area contributed by atoms with Gasteiger partial charge in [0.15, 0.2) is 0 Å². The summed E-state index contributed by atoms with van der Waals surface area (Å²) in [7, 11) is 0. The van der Waals surface area contributed by atoms with E-state index in [1.54, 1.807) is 0 Å². The van der Waals surface area contributed by atoms with Crippen LogP contribution in [0.1, 0.15) is 5.56 Å². The maximum Gasteiger partial charge on any atom is 0.339 e. The molecule has 0 aromatic heterocycles. The Bertz CT molecular complexity index is 365. The van der Waals surface area contributed by atoms with Crippen molar-refractivity contribution >= 4 is 6.03 Å². The number of amides is 2. The number of nitrogens with zero attached hydrogens (tertiary/aromatic N) is 1. The summed E-state index contributed by atoms with van der Waals surface area (Å²) in [4.78, 5) is 10.4. The Kier molecular flexibility index (Phi) is 3.53. The Morgan fingerprint density at radius 1 is 1.43 bits per heavy atom. The van der Waals surface area contributed by atoms with Crippen LogP contribution < -0.4 is 5.73 Å². The van der Waals surface area contributed by atoms with Gasteiger partial charge < -0.3 is 5.73 Å². The highest BCUT2D eigenvalue weighted by atomic mass is 16.5. The summed E-state index contributed by atoms with van der Waals surface area (Å²) >= 11 is 0. The molecule has 0 unspecified atom stereocenters. The fourth-order valence-electron chi connectivity index (χ4n) is 0.816. The molecule has 0 fully saturated rings. The van der Waals surface area contributed by atoms with E-state index >= 15 is 0 Å². The van der Waals surface area contributed by atoms with Gasteiger partial charge in [0.2, 0.25) is 0 Å². The normalized spacial score (nSPS) is 8.64. The van der Waals surface area contributed by atoms with E-state index in [2.05, 4.69) is 11.8 Å². The molecule has 0 saturated carbocycles. The molecular formula is C10H10N2O2. The lowest BCUT2D eigenvalue weighted by Gasteiger charge is -2.05. The number of carbonyl (C=O) groups excluding carboxylic acids is 1. The monoisotopic (exact) mass is 190 g/mol. The molecule has 0 heterocycles. The number of nitrogens with two attached hydrogens (primary N) is 1. The lowest BCUT2D eigenvalue weighted by atomic mass is 10.2. The number of rotatable bonds is 1. The molecule has 1 aromatic carbocycles. The molecule has 0 aliphatic rings. The molecule has 2 amide bonds. The van der Waals surface area contributed by atoms with E-state index < -0.39 is 6.03 Å². The average Bonchev–Trinajstić information content (AvgIpc) is 2.19. The third kappa shape index (κ3) is 3.17. The Balaban J connectivity index is 2.53. The predicted octanol–water partition coefficient (Wildman–Crippen LogP) is 0.808. The Labute approximate surface area is 81.9 Å². The molecule has 72 valence electrons. The molecule has 1 rings (SSSR count). The van der Waals surface area contributed by atoms with Gasteiger partial charge in [0.1, 0.15) is 6.54 Å². The molecule has 3 N–H and O–H groups in total. The minimum Gasteiger partial charge on any atom is -0.350 e. The van der Waals surface area contributed by atoms with Crippen LogP contribution in [0.4, 0.5) is 4.79 Å². The summed E-state index contributed by atoms with van der Waals surface area (Å²) < 4.78 is 0. The molecule has 0 spiro atoms. The summed E-state index contributed by atoms with van der Waals surface area (Å²) in [6.07, 6.45) is 0. The first kappa shape index (κ1) is 10.1. The van der Waals surface area contributed by atoms with Gasteiger partial charge >= 0.3 is 6.03 Å². The lowest BCUT2D eigenvalue weighted by molar-refractivity contribution is -0.0269. The number of hydroxylamine groups is 2. The fourth-order valence-corrected chi connectivity index (χ4v) is 0.816. The lowest BCUT2D eigenvalue weighted by Crippen LogP contribution is -2.32. The number of urea groups is 1. The predicted molar refractivity (Wildman–Crippen MR) is 51.4 cm³/mol. The summed E-state index contributed by atoms with van der Waals surface area (Å²) in [6.45, 7) is -0.0930. The number of carbonyl (C=O) groups is 1. The zero-order valence-corrected chi connectivity index (χ0v) is 7.47. The first-order chi connectivity index (χ1) is 6.70. The Hall–Kier alpha value is -1.99. The molecule has 0 atom stereocenters. The highest BCUT2D eigenvalue weighted by molar-refractivity contribution is 5.70. The van der Waals surface area contributed by atoms with Crippen molar-refractivity contribution in [3.63, 3.8) is 0 Å². The molecular weight excluding hydrogens is 180 g/mol. The van der Waals surface area contributed by atoms with Crippen LogP contribution in [0.3, 0.4) is 0 Å².